The molecule has 1 atom stereocenters. The van der Waals surface area contributed by atoms with Crippen LogP contribution in [0.2, 0.25) is 5.15 Å². The zero-order valence-corrected chi connectivity index (χ0v) is 14.3. The normalized spacial score (nSPS) is 11.9. The molecule has 1 aromatic carbocycles. The van der Waals surface area contributed by atoms with Gasteiger partial charge in [-0.25, -0.2) is 4.98 Å². The summed E-state index contributed by atoms with van der Waals surface area (Å²) in [6, 6.07) is 17.6. The summed E-state index contributed by atoms with van der Waals surface area (Å²) < 4.78 is 0. The molecule has 0 aliphatic rings. The van der Waals surface area contributed by atoms with Crippen LogP contribution in [0, 0.1) is 0 Å². The third kappa shape index (κ3) is 4.20. The lowest BCUT2D eigenvalue weighted by molar-refractivity contribution is -0.115. The van der Waals surface area contributed by atoms with E-state index in [0.717, 1.165) is 10.4 Å². The molecule has 3 rings (SSSR count). The zero-order chi connectivity index (χ0) is 16.8. The van der Waals surface area contributed by atoms with E-state index in [1.165, 1.54) is 0 Å². The van der Waals surface area contributed by atoms with Gasteiger partial charge in [0, 0.05) is 11.1 Å². The minimum atomic E-state index is -0.164. The molecule has 122 valence electrons. The van der Waals surface area contributed by atoms with Crippen LogP contribution in [-0.4, -0.2) is 17.4 Å². The number of hydrogen-bond donors (Lipinski definition) is 2. The Morgan fingerprint density at radius 1 is 1.12 bits per heavy atom. The third-order valence-electron chi connectivity index (χ3n) is 3.46. The van der Waals surface area contributed by atoms with Crippen molar-refractivity contribution in [3.8, 4) is 0 Å². The molecule has 0 radical (unpaired) electrons. The number of benzene rings is 1. The van der Waals surface area contributed by atoms with Gasteiger partial charge in [0.25, 0.3) is 0 Å². The highest BCUT2D eigenvalue weighted by molar-refractivity contribution is 7.10. The topological polar surface area (TPSA) is 54.0 Å². The number of pyridine rings is 1. The Balaban J connectivity index is 1.68. The average molecular weight is 358 g/mol. The van der Waals surface area contributed by atoms with Gasteiger partial charge in [-0.15, -0.1) is 11.3 Å². The molecule has 0 bridgehead atoms. The lowest BCUT2D eigenvalue weighted by atomic mass is 10.1. The summed E-state index contributed by atoms with van der Waals surface area (Å²) in [7, 11) is 0. The van der Waals surface area contributed by atoms with Gasteiger partial charge in [0.15, 0.2) is 5.15 Å². The molecule has 0 saturated carbocycles. The fraction of sp³-hybridized carbons (Fsp3) is 0.111. The lowest BCUT2D eigenvalue weighted by Crippen LogP contribution is -2.31. The van der Waals surface area contributed by atoms with Crippen LogP contribution in [0.15, 0.2) is 66.2 Å². The monoisotopic (exact) mass is 357 g/mol. The maximum atomic E-state index is 12.2. The molecule has 0 saturated heterocycles. The van der Waals surface area contributed by atoms with Crippen LogP contribution in [-0.2, 0) is 4.79 Å². The van der Waals surface area contributed by atoms with Crippen molar-refractivity contribution in [2.75, 3.05) is 11.9 Å². The molecule has 2 heterocycles. The quantitative estimate of drug-likeness (QED) is 0.652. The van der Waals surface area contributed by atoms with E-state index in [1.807, 2.05) is 41.8 Å². The molecule has 0 fully saturated rings. The number of amides is 1. The van der Waals surface area contributed by atoms with Crippen molar-refractivity contribution in [2.45, 2.75) is 6.04 Å². The molecule has 2 aromatic heterocycles. The van der Waals surface area contributed by atoms with Crippen molar-refractivity contribution in [1.82, 2.24) is 10.3 Å². The van der Waals surface area contributed by atoms with Gasteiger partial charge in [0.05, 0.1) is 18.3 Å². The fourth-order valence-electron chi connectivity index (χ4n) is 2.35. The number of aromatic nitrogens is 1. The van der Waals surface area contributed by atoms with Crippen LogP contribution in [0.1, 0.15) is 16.5 Å². The summed E-state index contributed by atoms with van der Waals surface area (Å²) in [6.45, 7) is 0.169. The Labute approximate surface area is 149 Å². The Kier molecular flexibility index (Phi) is 5.59. The summed E-state index contributed by atoms with van der Waals surface area (Å²) in [5.41, 5.74) is 1.63. The standard InChI is InChI=1S/C18H16ClN3OS/c19-18-14(8-4-10-20-18)22-16(23)12-21-17(15-9-5-11-24-15)13-6-2-1-3-7-13/h1-11,17,21H,12H2,(H,22,23)/t17-/m1/s1. The SMILES string of the molecule is O=C(CN[C@H](c1ccccc1)c1cccs1)Nc1cccnc1Cl. The average Bonchev–Trinajstić information content (AvgIpc) is 3.12. The van der Waals surface area contributed by atoms with E-state index in [0.29, 0.717) is 5.69 Å². The van der Waals surface area contributed by atoms with Crippen molar-refractivity contribution in [2.24, 2.45) is 0 Å². The van der Waals surface area contributed by atoms with Crippen molar-refractivity contribution in [3.05, 3.63) is 81.8 Å². The Morgan fingerprint density at radius 3 is 2.67 bits per heavy atom. The molecular formula is C18H16ClN3OS. The van der Waals surface area contributed by atoms with Crippen molar-refractivity contribution >= 4 is 34.5 Å². The van der Waals surface area contributed by atoms with E-state index in [4.69, 9.17) is 11.6 Å². The van der Waals surface area contributed by atoms with E-state index < -0.39 is 0 Å². The number of halogens is 1. The van der Waals surface area contributed by atoms with Crippen LogP contribution in [0.4, 0.5) is 5.69 Å². The molecule has 4 nitrogen and oxygen atoms in total. The van der Waals surface area contributed by atoms with Crippen LogP contribution in [0.3, 0.4) is 0 Å². The summed E-state index contributed by atoms with van der Waals surface area (Å²) in [5.74, 6) is -0.164. The number of carbonyl (C=O) groups is 1. The highest BCUT2D eigenvalue weighted by Gasteiger charge is 2.16. The molecule has 0 aliphatic heterocycles. The van der Waals surface area contributed by atoms with Crippen LogP contribution < -0.4 is 10.6 Å². The fourth-order valence-corrected chi connectivity index (χ4v) is 3.35. The van der Waals surface area contributed by atoms with Crippen molar-refractivity contribution in [3.63, 3.8) is 0 Å². The van der Waals surface area contributed by atoms with E-state index >= 15 is 0 Å². The molecule has 0 aliphatic carbocycles. The van der Waals surface area contributed by atoms with E-state index in [-0.39, 0.29) is 23.6 Å². The largest absolute Gasteiger partial charge is 0.322 e. The molecule has 24 heavy (non-hydrogen) atoms. The predicted molar refractivity (Wildman–Crippen MR) is 98.5 cm³/mol. The number of rotatable bonds is 6. The highest BCUT2D eigenvalue weighted by Crippen LogP contribution is 2.25. The Bertz CT molecular complexity index is 793. The first-order valence-corrected chi connectivity index (χ1v) is 8.72. The molecule has 1 amide bonds. The second-order valence-corrected chi connectivity index (χ2v) is 6.47. The second kappa shape index (κ2) is 8.06. The first kappa shape index (κ1) is 16.6. The first-order chi connectivity index (χ1) is 11.7. The smallest absolute Gasteiger partial charge is 0.238 e. The van der Waals surface area contributed by atoms with Gasteiger partial charge in [0.2, 0.25) is 5.91 Å². The zero-order valence-electron chi connectivity index (χ0n) is 12.8. The number of nitrogens with one attached hydrogen (secondary N) is 2. The predicted octanol–water partition coefficient (Wildman–Crippen LogP) is 4.11. The molecular weight excluding hydrogens is 342 g/mol. The van der Waals surface area contributed by atoms with E-state index in [1.54, 1.807) is 29.7 Å². The number of carbonyl (C=O) groups excluding carboxylic acids is 1. The number of hydrogen-bond acceptors (Lipinski definition) is 4. The minimum Gasteiger partial charge on any atom is -0.322 e. The van der Waals surface area contributed by atoms with Gasteiger partial charge < -0.3 is 5.32 Å². The van der Waals surface area contributed by atoms with E-state index in [2.05, 4.69) is 21.7 Å². The summed E-state index contributed by atoms with van der Waals surface area (Å²) in [6.07, 6.45) is 1.58. The molecule has 0 unspecified atom stereocenters. The Morgan fingerprint density at radius 2 is 1.96 bits per heavy atom. The lowest BCUT2D eigenvalue weighted by Gasteiger charge is -2.18. The summed E-state index contributed by atoms with van der Waals surface area (Å²) >= 11 is 7.62. The summed E-state index contributed by atoms with van der Waals surface area (Å²) in [4.78, 5) is 17.3. The van der Waals surface area contributed by atoms with Gasteiger partial charge in [-0.3, -0.25) is 10.1 Å². The van der Waals surface area contributed by atoms with Gasteiger partial charge in [0.1, 0.15) is 0 Å². The van der Waals surface area contributed by atoms with Crippen molar-refractivity contribution in [1.29, 1.82) is 0 Å². The molecule has 6 heteroatoms. The van der Waals surface area contributed by atoms with Crippen molar-refractivity contribution < 1.29 is 4.79 Å². The maximum absolute atomic E-state index is 12.2. The minimum absolute atomic E-state index is 0.0266. The number of thiophene rings is 1. The van der Waals surface area contributed by atoms with Crippen LogP contribution in [0.5, 0.6) is 0 Å². The second-order valence-electron chi connectivity index (χ2n) is 5.13. The Hall–Kier alpha value is -2.21. The molecule has 3 aromatic rings. The van der Waals surface area contributed by atoms with Gasteiger partial charge in [-0.1, -0.05) is 48.0 Å². The molecule has 0 spiro atoms. The van der Waals surface area contributed by atoms with Crippen LogP contribution in [0.25, 0.3) is 0 Å². The number of anilines is 1. The van der Waals surface area contributed by atoms with Gasteiger partial charge >= 0.3 is 0 Å². The highest BCUT2D eigenvalue weighted by atomic mass is 35.5. The van der Waals surface area contributed by atoms with E-state index in [9.17, 15) is 4.79 Å². The summed E-state index contributed by atoms with van der Waals surface area (Å²) in [5, 5.41) is 8.39. The number of nitrogens with zero attached hydrogens (tertiary/aromatic N) is 1. The van der Waals surface area contributed by atoms with Crippen LogP contribution >= 0.6 is 22.9 Å². The third-order valence-corrected chi connectivity index (χ3v) is 4.70. The first-order valence-electron chi connectivity index (χ1n) is 7.46. The maximum Gasteiger partial charge on any atom is 0.238 e. The molecule has 2 N–H and O–H groups in total. The van der Waals surface area contributed by atoms with Gasteiger partial charge in [-0.2, -0.15) is 0 Å². The van der Waals surface area contributed by atoms with Gasteiger partial charge in [-0.05, 0) is 29.1 Å².